The van der Waals surface area contributed by atoms with Crippen LogP contribution in [-0.4, -0.2) is 87.7 Å². The highest BCUT2D eigenvalue weighted by Crippen LogP contribution is 2.42. The quantitative estimate of drug-likeness (QED) is 0.148. The number of nitrogens with one attached hydrogen (secondary N) is 1. The largest absolute Gasteiger partial charge is 0.497 e. The third kappa shape index (κ3) is 6.87. The van der Waals surface area contributed by atoms with E-state index >= 15 is 0 Å². The molecule has 2 amide bonds. The second-order valence-corrected chi connectivity index (χ2v) is 13.5. The highest BCUT2D eigenvalue weighted by atomic mass is 16.5. The molecular formula is C43H41N5O7. The molecule has 4 heterocycles. The molecule has 55 heavy (non-hydrogen) atoms. The number of methoxy groups -OCH3 is 3. The normalized spacial score (nSPS) is 18.0. The molecule has 0 unspecified atom stereocenters. The second-order valence-electron chi connectivity index (χ2n) is 13.5. The molecule has 4 aromatic rings. The molecule has 12 heteroatoms. The summed E-state index contributed by atoms with van der Waals surface area (Å²) in [4.78, 5) is 40.4. The van der Waals surface area contributed by atoms with E-state index in [-0.39, 0.29) is 23.9 Å². The summed E-state index contributed by atoms with van der Waals surface area (Å²) in [6.45, 7) is 0.617. The zero-order valence-corrected chi connectivity index (χ0v) is 31.1. The van der Waals surface area contributed by atoms with Crippen molar-refractivity contribution in [1.29, 1.82) is 0 Å². The van der Waals surface area contributed by atoms with Gasteiger partial charge in [-0.15, -0.1) is 0 Å². The minimum absolute atomic E-state index is 0.145. The van der Waals surface area contributed by atoms with E-state index < -0.39 is 0 Å². The Hall–Kier alpha value is -6.56. The van der Waals surface area contributed by atoms with Gasteiger partial charge in [0.1, 0.15) is 5.75 Å². The average molecular weight is 740 g/mol. The lowest BCUT2D eigenvalue weighted by Gasteiger charge is -2.19. The van der Waals surface area contributed by atoms with Gasteiger partial charge >= 0.3 is 0 Å². The molecule has 4 aliphatic rings. The molecule has 4 aliphatic heterocycles. The van der Waals surface area contributed by atoms with Crippen LogP contribution in [0.4, 0.5) is 17.1 Å². The fraction of sp³-hybridized carbons (Fsp3) is 0.256. The van der Waals surface area contributed by atoms with Gasteiger partial charge in [-0.3, -0.25) is 19.6 Å². The number of carbonyl (C=O) groups is 2. The van der Waals surface area contributed by atoms with E-state index in [0.29, 0.717) is 78.0 Å². The van der Waals surface area contributed by atoms with Gasteiger partial charge < -0.3 is 38.8 Å². The van der Waals surface area contributed by atoms with Crippen molar-refractivity contribution in [2.24, 2.45) is 9.98 Å². The number of hydrogen-bond acceptors (Lipinski definition) is 10. The summed E-state index contributed by atoms with van der Waals surface area (Å²) in [5.41, 5.74) is 7.18. The van der Waals surface area contributed by atoms with Crippen molar-refractivity contribution in [3.63, 3.8) is 0 Å². The molecule has 8 rings (SSSR count). The van der Waals surface area contributed by atoms with Gasteiger partial charge in [-0.05, 0) is 58.7 Å². The fourth-order valence-electron chi connectivity index (χ4n) is 7.22. The molecule has 4 aromatic carbocycles. The first-order chi connectivity index (χ1) is 26.9. The summed E-state index contributed by atoms with van der Waals surface area (Å²) < 4.78 is 28.8. The van der Waals surface area contributed by atoms with Crippen LogP contribution in [0.1, 0.15) is 51.1 Å². The molecule has 0 spiro atoms. The van der Waals surface area contributed by atoms with Gasteiger partial charge in [-0.1, -0.05) is 24.3 Å². The Kier molecular flexibility index (Phi) is 9.71. The van der Waals surface area contributed by atoms with E-state index in [1.807, 2.05) is 68.3 Å². The first kappa shape index (κ1) is 35.5. The molecule has 12 nitrogen and oxygen atoms in total. The van der Waals surface area contributed by atoms with Crippen molar-refractivity contribution in [3.8, 4) is 28.7 Å². The topological polar surface area (TPSA) is 124 Å². The number of carbonyl (C=O) groups excluding carboxylic acids is 2. The number of amides is 2. The summed E-state index contributed by atoms with van der Waals surface area (Å²) in [7, 11) is 6.61. The van der Waals surface area contributed by atoms with Crippen molar-refractivity contribution in [1.82, 2.24) is 9.80 Å². The van der Waals surface area contributed by atoms with Crippen LogP contribution in [-0.2, 0) is 0 Å². The van der Waals surface area contributed by atoms with Gasteiger partial charge in [0.05, 0.1) is 69.1 Å². The third-order valence-corrected chi connectivity index (χ3v) is 10.2. The Morgan fingerprint density at radius 1 is 0.636 bits per heavy atom. The number of fused-ring (bicyclic) bond motifs is 4. The van der Waals surface area contributed by atoms with E-state index in [4.69, 9.17) is 33.7 Å². The predicted octanol–water partition coefficient (Wildman–Crippen LogP) is 7.55. The minimum Gasteiger partial charge on any atom is -0.497 e. The standard InChI is InChI=1S/C43H41N5O7/c1-44-30-10-6-26(7-11-30)28-16-31-22-45-36-20-40(38(52-3)18-34(36)42(49)47(31)24-28)54-14-5-15-55-41-21-37-35(19-39(41)53-4)43(50)48-25-29(17-32(48)23-46-37)27-8-12-33(51-2)13-9-27/h6-13,18-25,31-32,44H,5,14-17H2,1-4H3/t31-,32-/m1/s1. The number of rotatable bonds is 12. The molecule has 0 radical (unpaired) electrons. The maximum atomic E-state index is 13.8. The third-order valence-electron chi connectivity index (χ3n) is 10.2. The molecule has 0 saturated heterocycles. The number of benzene rings is 4. The van der Waals surface area contributed by atoms with Crippen LogP contribution in [0.2, 0.25) is 0 Å². The van der Waals surface area contributed by atoms with E-state index in [1.54, 1.807) is 55.4 Å². The molecule has 0 aliphatic carbocycles. The smallest absolute Gasteiger partial charge is 0.260 e. The fourth-order valence-corrected chi connectivity index (χ4v) is 7.22. The zero-order chi connectivity index (χ0) is 38.1. The molecular weight excluding hydrogens is 699 g/mol. The highest BCUT2D eigenvalue weighted by Gasteiger charge is 2.35. The van der Waals surface area contributed by atoms with Crippen LogP contribution in [0.3, 0.4) is 0 Å². The van der Waals surface area contributed by atoms with Crippen molar-refractivity contribution < 1.29 is 33.3 Å². The van der Waals surface area contributed by atoms with Crippen LogP contribution >= 0.6 is 0 Å². The van der Waals surface area contributed by atoms with Crippen LogP contribution in [0, 0.1) is 0 Å². The van der Waals surface area contributed by atoms with E-state index in [1.165, 1.54) is 0 Å². The van der Waals surface area contributed by atoms with Crippen molar-refractivity contribution in [2.45, 2.75) is 31.3 Å². The predicted molar refractivity (Wildman–Crippen MR) is 212 cm³/mol. The summed E-state index contributed by atoms with van der Waals surface area (Å²) in [6.07, 6.45) is 9.30. The highest BCUT2D eigenvalue weighted by molar-refractivity contribution is 6.06. The van der Waals surface area contributed by atoms with E-state index in [0.717, 1.165) is 33.7 Å². The Balaban J connectivity index is 0.906. The van der Waals surface area contributed by atoms with Gasteiger partial charge in [-0.25, -0.2) is 0 Å². The molecule has 0 saturated carbocycles. The lowest BCUT2D eigenvalue weighted by Crippen LogP contribution is -2.32. The summed E-state index contributed by atoms with van der Waals surface area (Å²) >= 11 is 0. The Labute approximate surface area is 319 Å². The SMILES string of the molecule is CNc1ccc(C2=CN3C(=O)c4cc(OC)c(OCCCOc5cc6c(cc5OC)C(=O)N5C=C(c7ccc(OC)cc7)C[C@@H]5C=N6)cc4N=C[C@H]3C2)cc1. The number of ether oxygens (including phenoxy) is 5. The monoisotopic (exact) mass is 739 g/mol. The Morgan fingerprint density at radius 3 is 1.55 bits per heavy atom. The summed E-state index contributed by atoms with van der Waals surface area (Å²) in [5, 5.41) is 3.13. The first-order valence-electron chi connectivity index (χ1n) is 18.1. The summed E-state index contributed by atoms with van der Waals surface area (Å²) in [6, 6.07) is 22.4. The van der Waals surface area contributed by atoms with Crippen molar-refractivity contribution in [2.75, 3.05) is 46.9 Å². The molecule has 280 valence electrons. The van der Waals surface area contributed by atoms with Crippen LogP contribution in [0.25, 0.3) is 11.1 Å². The van der Waals surface area contributed by atoms with Crippen LogP contribution in [0.5, 0.6) is 28.7 Å². The molecule has 0 fully saturated rings. The molecule has 0 aromatic heterocycles. The van der Waals surface area contributed by atoms with E-state index in [9.17, 15) is 9.59 Å². The number of hydrogen-bond donors (Lipinski definition) is 1. The maximum Gasteiger partial charge on any atom is 0.260 e. The van der Waals surface area contributed by atoms with Crippen molar-refractivity contribution in [3.05, 3.63) is 107 Å². The van der Waals surface area contributed by atoms with Gasteiger partial charge in [-0.2, -0.15) is 0 Å². The number of aliphatic imine (C=N–C) groups is 2. The van der Waals surface area contributed by atoms with Crippen molar-refractivity contribution >= 4 is 52.5 Å². The Bertz CT molecular complexity index is 2100. The molecule has 0 bridgehead atoms. The van der Waals surface area contributed by atoms with Crippen LogP contribution < -0.4 is 29.0 Å². The molecule has 1 N–H and O–H groups in total. The lowest BCUT2D eigenvalue weighted by molar-refractivity contribution is 0.0809. The summed E-state index contributed by atoms with van der Waals surface area (Å²) in [5.74, 6) is 2.31. The van der Waals surface area contributed by atoms with Gasteiger partial charge in [0.25, 0.3) is 11.8 Å². The van der Waals surface area contributed by atoms with Crippen LogP contribution in [0.15, 0.2) is 95.2 Å². The molecule has 2 atom stereocenters. The van der Waals surface area contributed by atoms with Gasteiger partial charge in [0.2, 0.25) is 0 Å². The number of anilines is 1. The number of nitrogens with zero attached hydrogens (tertiary/aromatic N) is 4. The lowest BCUT2D eigenvalue weighted by atomic mass is 10.0. The zero-order valence-electron chi connectivity index (χ0n) is 31.1. The Morgan fingerprint density at radius 2 is 1.11 bits per heavy atom. The van der Waals surface area contributed by atoms with E-state index in [2.05, 4.69) is 17.4 Å². The first-order valence-corrected chi connectivity index (χ1v) is 18.1. The second kappa shape index (κ2) is 15.1. The van der Waals surface area contributed by atoms with Gasteiger partial charge in [0.15, 0.2) is 23.0 Å². The maximum absolute atomic E-state index is 13.8. The minimum atomic E-state index is -0.202. The average Bonchev–Trinajstić information content (AvgIpc) is 3.80. The van der Waals surface area contributed by atoms with Gasteiger partial charge in [0, 0.05) is 69.0 Å².